The second-order valence-electron chi connectivity index (χ2n) is 0.385. The van der Waals surface area contributed by atoms with Gasteiger partial charge >= 0.3 is 120 Å². The third-order valence-corrected chi connectivity index (χ3v) is 0. The molecule has 0 saturated carbocycles. The predicted molar refractivity (Wildman–Crippen MR) is 25.8 cm³/mol. The van der Waals surface area contributed by atoms with Crippen molar-refractivity contribution in [3.05, 3.63) is 0 Å². The summed E-state index contributed by atoms with van der Waals surface area (Å²) in [7, 11) is 0. The van der Waals surface area contributed by atoms with Crippen molar-refractivity contribution in [2.75, 3.05) is 0 Å². The summed E-state index contributed by atoms with van der Waals surface area (Å²) in [6, 6.07) is 0. The van der Waals surface area contributed by atoms with E-state index in [0.717, 1.165) is 0 Å². The van der Waals surface area contributed by atoms with Crippen molar-refractivity contribution in [1.29, 1.82) is 0 Å². The van der Waals surface area contributed by atoms with E-state index >= 15 is 0 Å². The van der Waals surface area contributed by atoms with E-state index in [-0.39, 0.29) is 26.2 Å². The molecule has 0 atom stereocenters. The summed E-state index contributed by atoms with van der Waals surface area (Å²) in [6.45, 7) is 0. The minimum Gasteiger partial charge on any atom is 4.00 e. The maximum atomic E-state index is 8.46. The first-order valence-corrected chi connectivity index (χ1v) is 5.66. The standard InChI is InChI=1S/4Al.8O.Zr/q;;;;;;;;4*-1;+4. The van der Waals surface area contributed by atoms with Crippen molar-refractivity contribution in [3.8, 4) is 0 Å². The molecule has 0 aliphatic heterocycles. The summed E-state index contributed by atoms with van der Waals surface area (Å²) in [4.78, 5) is 0. The number of hydrogen-bond acceptors (Lipinski definition) is 8. The molecule has 0 unspecified atom stereocenters. The molecule has 0 aromatic rings. The van der Waals surface area contributed by atoms with Crippen molar-refractivity contribution >= 4 is 61.9 Å². The SMILES string of the molecule is [O]=[Al][O-].[O]=[Al][O-].[O]=[Al][O-].[O]=[Al][O-].[Zr+4]. The van der Waals surface area contributed by atoms with Crippen LogP contribution in [0.15, 0.2) is 0 Å². The van der Waals surface area contributed by atoms with Gasteiger partial charge in [-0.1, -0.05) is 0 Å². The molecular weight excluding hydrogens is 327 g/mol. The molecular formula is Al4O8Zr. The van der Waals surface area contributed by atoms with Crippen LogP contribution in [0.4, 0.5) is 0 Å². The van der Waals surface area contributed by atoms with Crippen LogP contribution in [-0.2, 0) is 41.4 Å². The van der Waals surface area contributed by atoms with E-state index in [1.54, 1.807) is 0 Å². The Bertz CT molecular complexity index is 70.1. The van der Waals surface area contributed by atoms with Gasteiger partial charge in [-0.2, -0.15) is 0 Å². The van der Waals surface area contributed by atoms with Gasteiger partial charge in [0.05, 0.1) is 0 Å². The molecule has 0 aliphatic rings. The van der Waals surface area contributed by atoms with E-state index in [0.29, 0.717) is 0 Å². The molecule has 0 bridgehead atoms. The van der Waals surface area contributed by atoms with Gasteiger partial charge in [-0.25, -0.2) is 0 Å². The van der Waals surface area contributed by atoms with E-state index in [4.69, 9.17) is 31.8 Å². The van der Waals surface area contributed by atoms with Crippen LogP contribution in [0.3, 0.4) is 0 Å². The fourth-order valence-corrected chi connectivity index (χ4v) is 0. The van der Waals surface area contributed by atoms with Crippen LogP contribution in [-0.4, -0.2) is 61.9 Å². The first kappa shape index (κ1) is 29.3. The van der Waals surface area contributed by atoms with Crippen LogP contribution in [0.1, 0.15) is 0 Å². The van der Waals surface area contributed by atoms with Gasteiger partial charge in [0.25, 0.3) is 0 Å². The third kappa shape index (κ3) is 875. The minimum absolute atomic E-state index is 0. The van der Waals surface area contributed by atoms with E-state index in [2.05, 4.69) is 0 Å². The second kappa shape index (κ2) is 70.5. The van der Waals surface area contributed by atoms with Crippen LogP contribution >= 0.6 is 0 Å². The summed E-state index contributed by atoms with van der Waals surface area (Å²) in [5, 5.41) is 0. The molecule has 0 radical (unpaired) electrons. The molecule has 0 fully saturated rings. The van der Waals surface area contributed by atoms with Crippen LogP contribution in [0, 0.1) is 0 Å². The maximum Gasteiger partial charge on any atom is 4.00 e. The van der Waals surface area contributed by atoms with Crippen molar-refractivity contribution in [3.63, 3.8) is 0 Å². The Morgan fingerprint density at radius 2 is 0.538 bits per heavy atom. The Hall–Kier alpha value is 1.41. The Labute approximate surface area is 118 Å². The summed E-state index contributed by atoms with van der Waals surface area (Å²) in [5.41, 5.74) is 0. The molecule has 0 spiro atoms. The van der Waals surface area contributed by atoms with Crippen molar-refractivity contribution in [2.24, 2.45) is 0 Å². The van der Waals surface area contributed by atoms with E-state index in [1.165, 1.54) is 0 Å². The molecule has 0 N–H and O–H groups in total. The Morgan fingerprint density at radius 1 is 0.538 bits per heavy atom. The average molecular weight is 327 g/mol. The summed E-state index contributed by atoms with van der Waals surface area (Å²) in [6.07, 6.45) is 0. The zero-order valence-electron chi connectivity index (χ0n) is 6.08. The van der Waals surface area contributed by atoms with Crippen LogP contribution < -0.4 is 16.6 Å². The molecule has 0 saturated heterocycles. The van der Waals surface area contributed by atoms with E-state index in [1.807, 2.05) is 0 Å². The van der Waals surface area contributed by atoms with Crippen molar-refractivity contribution < 1.29 is 58.0 Å². The van der Waals surface area contributed by atoms with Gasteiger partial charge in [-0.3, -0.25) is 0 Å². The minimum atomic E-state index is -1.75. The average Bonchev–Trinajstić information content (AvgIpc) is 1.92. The van der Waals surface area contributed by atoms with Gasteiger partial charge in [-0.15, -0.1) is 0 Å². The third-order valence-electron chi connectivity index (χ3n) is 0. The zero-order chi connectivity index (χ0) is 10.8. The molecule has 0 heterocycles. The molecule has 0 aromatic heterocycles. The summed E-state index contributed by atoms with van der Waals surface area (Å²) < 4.78 is 67.7. The van der Waals surface area contributed by atoms with Gasteiger partial charge in [0.2, 0.25) is 0 Å². The summed E-state index contributed by atoms with van der Waals surface area (Å²) >= 11 is -7.00. The van der Waals surface area contributed by atoms with Crippen LogP contribution in [0.5, 0.6) is 0 Å². The van der Waals surface area contributed by atoms with Crippen molar-refractivity contribution in [2.45, 2.75) is 0 Å². The first-order valence-electron chi connectivity index (χ1n) is 1.89. The van der Waals surface area contributed by atoms with Gasteiger partial charge < -0.3 is 0 Å². The summed E-state index contributed by atoms with van der Waals surface area (Å²) in [5.74, 6) is 0. The normalized spacial score (nSPS) is 2.46. The van der Waals surface area contributed by atoms with E-state index in [9.17, 15) is 0 Å². The van der Waals surface area contributed by atoms with Crippen molar-refractivity contribution in [1.82, 2.24) is 0 Å². The number of hydrogen-bond donors (Lipinski definition) is 0. The topological polar surface area (TPSA) is 161 Å². The molecule has 64 valence electrons. The fourth-order valence-electron chi connectivity index (χ4n) is 0. The second-order valence-corrected chi connectivity index (χ2v) is 1.15. The molecule has 0 rings (SSSR count). The maximum absolute atomic E-state index is 8.46. The quantitative estimate of drug-likeness (QED) is 0.397. The Balaban J connectivity index is -0.0000000213. The molecule has 8 nitrogen and oxygen atoms in total. The van der Waals surface area contributed by atoms with Gasteiger partial charge in [0, 0.05) is 0 Å². The molecule has 13 heavy (non-hydrogen) atoms. The van der Waals surface area contributed by atoms with Crippen LogP contribution in [0.25, 0.3) is 0 Å². The van der Waals surface area contributed by atoms with Gasteiger partial charge in [-0.05, 0) is 0 Å². The zero-order valence-corrected chi connectivity index (χ0v) is 13.2. The number of rotatable bonds is 0. The predicted octanol–water partition coefficient (Wildman–Crippen LogP) is -6.76. The molecule has 0 aromatic carbocycles. The first-order chi connectivity index (χ1) is 5.66. The Kier molecular flexibility index (Phi) is 159. The van der Waals surface area contributed by atoms with E-state index < -0.39 is 61.9 Å². The van der Waals surface area contributed by atoms with Crippen LogP contribution in [0.2, 0.25) is 0 Å². The van der Waals surface area contributed by atoms with Gasteiger partial charge in [0.1, 0.15) is 0 Å². The molecule has 0 aliphatic carbocycles. The Morgan fingerprint density at radius 3 is 0.538 bits per heavy atom. The monoisotopic (exact) mass is 326 g/mol. The molecule has 13 heteroatoms. The smallest absolute Gasteiger partial charge is 4.00 e. The largest absolute Gasteiger partial charge is 4.00 e. The molecule has 0 amide bonds. The van der Waals surface area contributed by atoms with Gasteiger partial charge in [0.15, 0.2) is 0 Å². The fraction of sp³-hybridized carbons (Fsp3) is 0.